The third-order valence-electron chi connectivity index (χ3n) is 5.02. The second-order valence-corrected chi connectivity index (χ2v) is 7.66. The Balaban J connectivity index is 1.86. The van der Waals surface area contributed by atoms with E-state index in [1.807, 2.05) is 31.2 Å². The van der Waals surface area contributed by atoms with Crippen molar-refractivity contribution in [3.63, 3.8) is 0 Å². The van der Waals surface area contributed by atoms with Crippen LogP contribution in [0.3, 0.4) is 0 Å². The normalized spacial score (nSPS) is 12.0. The number of benzene rings is 2. The smallest absolute Gasteiger partial charge is 0.269 e. The molecule has 0 unspecified atom stereocenters. The molecular formula is C26H26N4O4. The molecule has 1 heterocycles. The van der Waals surface area contributed by atoms with Crippen LogP contribution in [0.5, 0.6) is 0 Å². The van der Waals surface area contributed by atoms with Gasteiger partial charge in [0.2, 0.25) is 5.91 Å². The lowest BCUT2D eigenvalue weighted by atomic mass is 10.1. The second kappa shape index (κ2) is 11.6. The first kappa shape index (κ1) is 24.5. The lowest BCUT2D eigenvalue weighted by Gasteiger charge is -2.32. The summed E-state index contributed by atoms with van der Waals surface area (Å²) in [6, 6.07) is 18.4. The van der Waals surface area contributed by atoms with Crippen molar-refractivity contribution >= 4 is 23.3 Å². The summed E-state index contributed by atoms with van der Waals surface area (Å²) in [5.41, 5.74) is 4.63. The van der Waals surface area contributed by atoms with Crippen molar-refractivity contribution in [2.45, 2.75) is 26.0 Å². The molecule has 0 aliphatic heterocycles. The zero-order chi connectivity index (χ0) is 24.5. The first-order chi connectivity index (χ1) is 16.4. The molecule has 0 spiro atoms. The minimum atomic E-state index is -1.35. The van der Waals surface area contributed by atoms with Gasteiger partial charge in [0, 0.05) is 23.0 Å². The zero-order valence-corrected chi connectivity index (χ0v) is 18.9. The number of aliphatic hydroxyl groups excluding tert-OH is 1. The Morgan fingerprint density at radius 3 is 2.15 bits per heavy atom. The lowest BCUT2D eigenvalue weighted by molar-refractivity contribution is -0.135. The van der Waals surface area contributed by atoms with E-state index >= 15 is 0 Å². The van der Waals surface area contributed by atoms with Crippen molar-refractivity contribution in [2.24, 2.45) is 0 Å². The number of carbonyl (C=O) groups is 2. The summed E-state index contributed by atoms with van der Waals surface area (Å²) in [5, 5.41) is 22.3. The first-order valence-electron chi connectivity index (χ1n) is 10.7. The van der Waals surface area contributed by atoms with Crippen molar-refractivity contribution in [1.29, 1.82) is 0 Å². The van der Waals surface area contributed by atoms with Crippen LogP contribution in [0, 0.1) is 18.8 Å². The highest BCUT2D eigenvalue weighted by atomic mass is 16.5. The Hall–Kier alpha value is -4.19. The van der Waals surface area contributed by atoms with Crippen molar-refractivity contribution < 1.29 is 19.9 Å². The van der Waals surface area contributed by atoms with Crippen LogP contribution in [0.1, 0.15) is 23.6 Å². The minimum absolute atomic E-state index is 0.187. The number of hydrogen-bond donors (Lipinski definition) is 4. The fourth-order valence-corrected chi connectivity index (χ4v) is 3.28. The van der Waals surface area contributed by atoms with Gasteiger partial charge >= 0.3 is 0 Å². The molecule has 2 aromatic carbocycles. The monoisotopic (exact) mass is 458 g/mol. The van der Waals surface area contributed by atoms with Crippen molar-refractivity contribution in [1.82, 2.24) is 10.5 Å². The number of nitrogens with one attached hydrogen (secondary N) is 2. The number of hydrogen-bond acceptors (Lipinski definition) is 6. The lowest BCUT2D eigenvalue weighted by Crippen LogP contribution is -2.56. The Morgan fingerprint density at radius 1 is 1.00 bits per heavy atom. The van der Waals surface area contributed by atoms with Gasteiger partial charge in [0.25, 0.3) is 5.91 Å². The molecule has 3 rings (SSSR count). The van der Waals surface area contributed by atoms with Gasteiger partial charge in [-0.1, -0.05) is 35.6 Å². The molecule has 8 heteroatoms. The highest BCUT2D eigenvalue weighted by Gasteiger charge is 2.34. The van der Waals surface area contributed by atoms with Gasteiger partial charge in [0.15, 0.2) is 0 Å². The molecule has 2 atom stereocenters. The van der Waals surface area contributed by atoms with Crippen LogP contribution < -0.4 is 15.7 Å². The van der Waals surface area contributed by atoms with Gasteiger partial charge in [-0.2, -0.15) is 0 Å². The van der Waals surface area contributed by atoms with Crippen molar-refractivity contribution in [3.05, 3.63) is 89.6 Å². The summed E-state index contributed by atoms with van der Waals surface area (Å²) in [7, 11) is 0. The predicted molar refractivity (Wildman–Crippen MR) is 129 cm³/mol. The fraction of sp³-hybridized carbons (Fsp3) is 0.192. The molecule has 3 aromatic rings. The third kappa shape index (κ3) is 6.42. The van der Waals surface area contributed by atoms with Crippen LogP contribution in [-0.4, -0.2) is 45.8 Å². The molecule has 2 amide bonds. The van der Waals surface area contributed by atoms with Gasteiger partial charge in [-0.3, -0.25) is 19.7 Å². The number of aliphatic hydroxyl groups is 1. The molecule has 0 bridgehead atoms. The first-order valence-corrected chi connectivity index (χ1v) is 10.7. The number of amides is 2. The predicted octanol–water partition coefficient (Wildman–Crippen LogP) is 2.49. The maximum Gasteiger partial charge on any atom is 0.269 e. The molecule has 4 N–H and O–H groups in total. The van der Waals surface area contributed by atoms with E-state index in [0.29, 0.717) is 17.1 Å². The Labute approximate surface area is 198 Å². The largest absolute Gasteiger partial charge is 0.391 e. The summed E-state index contributed by atoms with van der Waals surface area (Å²) in [6.45, 7) is 3.19. The maximum absolute atomic E-state index is 13.1. The van der Waals surface area contributed by atoms with E-state index in [-0.39, 0.29) is 6.54 Å². The number of carbonyl (C=O) groups excluding carboxylic acids is 2. The summed E-state index contributed by atoms with van der Waals surface area (Å²) < 4.78 is 0. The third-order valence-corrected chi connectivity index (χ3v) is 5.02. The highest BCUT2D eigenvalue weighted by Crippen LogP contribution is 2.21. The number of rotatable bonds is 7. The van der Waals surface area contributed by atoms with Gasteiger partial charge in [-0.25, -0.2) is 10.5 Å². The topological polar surface area (TPSA) is 115 Å². The molecule has 0 fully saturated rings. The van der Waals surface area contributed by atoms with E-state index in [1.54, 1.807) is 48.7 Å². The Bertz CT molecular complexity index is 1170. The quantitative estimate of drug-likeness (QED) is 0.246. The highest BCUT2D eigenvalue weighted by molar-refractivity contribution is 6.02. The minimum Gasteiger partial charge on any atom is -0.391 e. The number of aryl methyl sites for hydroxylation is 1. The van der Waals surface area contributed by atoms with Crippen LogP contribution in [-0.2, 0) is 9.59 Å². The standard InChI is InChI=1S/C26H26N4O4/c1-18-6-8-20(9-7-18)10-11-21-12-14-22(15-13-21)30(25(19(2)31)26(33)29-34)24(32)17-28-23-5-3-4-16-27-23/h3-9,12-16,19,25,31,34H,17H2,1-2H3,(H,27,28)(H,29,33)/t19-,25+/m1/s1. The number of pyridine rings is 1. The summed E-state index contributed by atoms with van der Waals surface area (Å²) >= 11 is 0. The summed E-state index contributed by atoms with van der Waals surface area (Å²) in [6.07, 6.45) is 0.325. The molecule has 0 radical (unpaired) electrons. The number of nitrogens with zero attached hydrogens (tertiary/aromatic N) is 2. The van der Waals surface area contributed by atoms with Gasteiger partial charge in [-0.05, 0) is 62.4 Å². The van der Waals surface area contributed by atoms with E-state index in [1.165, 1.54) is 12.4 Å². The molecule has 1 aromatic heterocycles. The van der Waals surface area contributed by atoms with E-state index < -0.39 is 24.0 Å². The van der Waals surface area contributed by atoms with Crippen LogP contribution in [0.4, 0.5) is 11.5 Å². The van der Waals surface area contributed by atoms with Gasteiger partial charge in [0.1, 0.15) is 11.9 Å². The average Bonchev–Trinajstić information content (AvgIpc) is 2.86. The Kier molecular flexibility index (Phi) is 8.35. The van der Waals surface area contributed by atoms with Gasteiger partial charge in [0.05, 0.1) is 12.6 Å². The van der Waals surface area contributed by atoms with E-state index in [0.717, 1.165) is 16.0 Å². The van der Waals surface area contributed by atoms with Crippen molar-refractivity contribution in [2.75, 3.05) is 16.8 Å². The van der Waals surface area contributed by atoms with Crippen LogP contribution in [0.15, 0.2) is 72.9 Å². The number of aromatic nitrogens is 1. The van der Waals surface area contributed by atoms with E-state index in [9.17, 15) is 19.9 Å². The zero-order valence-electron chi connectivity index (χ0n) is 18.9. The van der Waals surface area contributed by atoms with E-state index in [2.05, 4.69) is 22.1 Å². The van der Waals surface area contributed by atoms with E-state index in [4.69, 9.17) is 0 Å². The molecule has 0 aliphatic carbocycles. The SMILES string of the molecule is Cc1ccc(C#Cc2ccc(N(C(=O)CNc3ccccn3)[C@H](C(=O)NO)[C@@H](C)O)cc2)cc1. The average molecular weight is 459 g/mol. The summed E-state index contributed by atoms with van der Waals surface area (Å²) in [4.78, 5) is 30.7. The van der Waals surface area contributed by atoms with Crippen LogP contribution >= 0.6 is 0 Å². The van der Waals surface area contributed by atoms with Crippen LogP contribution in [0.25, 0.3) is 0 Å². The fourth-order valence-electron chi connectivity index (χ4n) is 3.28. The number of hydroxylamine groups is 1. The molecule has 0 aliphatic rings. The maximum atomic E-state index is 13.1. The van der Waals surface area contributed by atoms with Crippen molar-refractivity contribution in [3.8, 4) is 11.8 Å². The number of anilines is 2. The molecule has 174 valence electrons. The molecular weight excluding hydrogens is 432 g/mol. The van der Waals surface area contributed by atoms with Gasteiger partial charge in [-0.15, -0.1) is 0 Å². The molecule has 0 saturated heterocycles. The summed E-state index contributed by atoms with van der Waals surface area (Å²) in [5.74, 6) is 5.22. The Morgan fingerprint density at radius 2 is 1.62 bits per heavy atom. The van der Waals surface area contributed by atoms with Gasteiger partial charge < -0.3 is 10.4 Å². The molecule has 0 saturated carbocycles. The molecule has 8 nitrogen and oxygen atoms in total. The second-order valence-electron chi connectivity index (χ2n) is 7.66. The molecule has 34 heavy (non-hydrogen) atoms. The van der Waals surface area contributed by atoms with Crippen LogP contribution in [0.2, 0.25) is 0 Å².